The summed E-state index contributed by atoms with van der Waals surface area (Å²) in [5, 5.41) is 3.52. The standard InChI is InChI=1S/C17H27FN2O/c1-13(15-8-7-14(21-4)11-16(15)18)19-12-17(20(2)3)9-5-6-10-17/h7-8,11,13,19H,5-6,9-10,12H2,1-4H3. The molecule has 0 spiro atoms. The molecule has 1 aromatic carbocycles. The van der Waals surface area contributed by atoms with Crippen LogP contribution in [0.4, 0.5) is 4.39 Å². The van der Waals surface area contributed by atoms with Crippen LogP contribution in [-0.4, -0.2) is 38.2 Å². The molecule has 21 heavy (non-hydrogen) atoms. The molecular weight excluding hydrogens is 267 g/mol. The summed E-state index contributed by atoms with van der Waals surface area (Å²) in [6.07, 6.45) is 4.99. The van der Waals surface area contributed by atoms with Gasteiger partial charge < -0.3 is 15.0 Å². The van der Waals surface area contributed by atoms with Crippen molar-refractivity contribution < 1.29 is 9.13 Å². The number of hydrogen-bond acceptors (Lipinski definition) is 3. The van der Waals surface area contributed by atoms with E-state index in [0.717, 1.165) is 6.54 Å². The SMILES string of the molecule is COc1ccc(C(C)NCC2(N(C)C)CCCC2)c(F)c1. The van der Waals surface area contributed by atoms with Crippen LogP contribution >= 0.6 is 0 Å². The number of halogens is 1. The highest BCUT2D eigenvalue weighted by molar-refractivity contribution is 5.30. The van der Waals surface area contributed by atoms with Gasteiger partial charge in [-0.1, -0.05) is 18.9 Å². The Labute approximate surface area is 127 Å². The molecule has 0 aliphatic heterocycles. The van der Waals surface area contributed by atoms with Crippen molar-refractivity contribution in [2.24, 2.45) is 0 Å². The Morgan fingerprint density at radius 2 is 2.00 bits per heavy atom. The lowest BCUT2D eigenvalue weighted by atomic mass is 9.95. The Bertz CT molecular complexity index is 470. The molecule has 1 aliphatic carbocycles. The fourth-order valence-electron chi connectivity index (χ4n) is 3.25. The Kier molecular flexibility index (Phi) is 5.22. The zero-order chi connectivity index (χ0) is 15.5. The van der Waals surface area contributed by atoms with E-state index in [1.807, 2.05) is 19.1 Å². The average molecular weight is 294 g/mol. The van der Waals surface area contributed by atoms with Gasteiger partial charge in [-0.15, -0.1) is 0 Å². The largest absolute Gasteiger partial charge is 0.497 e. The summed E-state index contributed by atoms with van der Waals surface area (Å²) >= 11 is 0. The van der Waals surface area contributed by atoms with E-state index >= 15 is 0 Å². The minimum Gasteiger partial charge on any atom is -0.497 e. The van der Waals surface area contributed by atoms with Crippen LogP contribution in [0.15, 0.2) is 18.2 Å². The lowest BCUT2D eigenvalue weighted by molar-refractivity contribution is 0.150. The van der Waals surface area contributed by atoms with Crippen molar-refractivity contribution in [3.05, 3.63) is 29.6 Å². The quantitative estimate of drug-likeness (QED) is 0.870. The van der Waals surface area contributed by atoms with E-state index in [0.29, 0.717) is 11.3 Å². The molecule has 0 bridgehead atoms. The third-order valence-electron chi connectivity index (χ3n) is 4.89. The van der Waals surface area contributed by atoms with Crippen LogP contribution in [0.2, 0.25) is 0 Å². The molecule has 118 valence electrons. The highest BCUT2D eigenvalue weighted by atomic mass is 19.1. The molecule has 2 rings (SSSR count). The normalized spacial score (nSPS) is 19.0. The zero-order valence-corrected chi connectivity index (χ0v) is 13.6. The molecule has 0 heterocycles. The molecular formula is C17H27FN2O. The van der Waals surface area contributed by atoms with E-state index in [9.17, 15) is 4.39 Å². The van der Waals surface area contributed by atoms with Crippen molar-refractivity contribution in [1.82, 2.24) is 10.2 Å². The maximum absolute atomic E-state index is 14.1. The molecule has 3 nitrogen and oxygen atoms in total. The summed E-state index contributed by atoms with van der Waals surface area (Å²) in [5.41, 5.74) is 0.916. The van der Waals surface area contributed by atoms with Crippen LogP contribution in [0.1, 0.15) is 44.2 Å². The molecule has 1 saturated carbocycles. The Hall–Kier alpha value is -1.13. The maximum Gasteiger partial charge on any atom is 0.131 e. The van der Waals surface area contributed by atoms with Gasteiger partial charge in [0.2, 0.25) is 0 Å². The molecule has 0 radical (unpaired) electrons. The number of rotatable bonds is 6. The van der Waals surface area contributed by atoms with Crippen molar-refractivity contribution in [2.45, 2.75) is 44.2 Å². The summed E-state index contributed by atoms with van der Waals surface area (Å²) in [6.45, 7) is 2.91. The predicted molar refractivity (Wildman–Crippen MR) is 84.3 cm³/mol. The number of nitrogens with zero attached hydrogens (tertiary/aromatic N) is 1. The van der Waals surface area contributed by atoms with E-state index < -0.39 is 0 Å². The second kappa shape index (κ2) is 6.75. The number of hydrogen-bond donors (Lipinski definition) is 1. The summed E-state index contributed by atoms with van der Waals surface area (Å²) in [4.78, 5) is 2.32. The first-order valence-corrected chi connectivity index (χ1v) is 7.73. The fraction of sp³-hybridized carbons (Fsp3) is 0.647. The third kappa shape index (κ3) is 3.55. The molecule has 0 saturated heterocycles. The topological polar surface area (TPSA) is 24.5 Å². The molecule has 1 unspecified atom stereocenters. The van der Waals surface area contributed by atoms with E-state index in [-0.39, 0.29) is 17.4 Å². The minimum absolute atomic E-state index is 0.00617. The van der Waals surface area contributed by atoms with Gasteiger partial charge in [-0.05, 0) is 39.9 Å². The van der Waals surface area contributed by atoms with Crippen LogP contribution in [0.5, 0.6) is 5.75 Å². The Balaban J connectivity index is 2.02. The number of ether oxygens (including phenoxy) is 1. The summed E-state index contributed by atoms with van der Waals surface area (Å²) in [5.74, 6) is 0.351. The lowest BCUT2D eigenvalue weighted by Gasteiger charge is -2.37. The molecule has 4 heteroatoms. The smallest absolute Gasteiger partial charge is 0.131 e. The first-order valence-electron chi connectivity index (χ1n) is 7.73. The minimum atomic E-state index is -0.209. The van der Waals surface area contributed by atoms with E-state index in [1.165, 1.54) is 31.7 Å². The first-order chi connectivity index (χ1) is 9.98. The van der Waals surface area contributed by atoms with Gasteiger partial charge in [-0.2, -0.15) is 0 Å². The van der Waals surface area contributed by atoms with Crippen molar-refractivity contribution in [3.8, 4) is 5.75 Å². The van der Waals surface area contributed by atoms with Gasteiger partial charge in [-0.3, -0.25) is 0 Å². The van der Waals surface area contributed by atoms with Crippen molar-refractivity contribution >= 4 is 0 Å². The molecule has 0 aromatic heterocycles. The second-order valence-electron chi connectivity index (χ2n) is 6.32. The second-order valence-corrected chi connectivity index (χ2v) is 6.32. The van der Waals surface area contributed by atoms with Crippen LogP contribution in [0, 0.1) is 5.82 Å². The van der Waals surface area contributed by atoms with Crippen molar-refractivity contribution in [2.75, 3.05) is 27.7 Å². The fourth-order valence-corrected chi connectivity index (χ4v) is 3.25. The molecule has 0 amide bonds. The van der Waals surface area contributed by atoms with Gasteiger partial charge in [0.25, 0.3) is 0 Å². The molecule has 1 fully saturated rings. The number of likely N-dealkylation sites (N-methyl/N-ethyl adjacent to an activating group) is 1. The van der Waals surface area contributed by atoms with Gasteiger partial charge in [0.15, 0.2) is 0 Å². The van der Waals surface area contributed by atoms with Crippen molar-refractivity contribution in [3.63, 3.8) is 0 Å². The Morgan fingerprint density at radius 1 is 1.33 bits per heavy atom. The molecule has 1 aliphatic rings. The average Bonchev–Trinajstić information content (AvgIpc) is 2.94. The van der Waals surface area contributed by atoms with Gasteiger partial charge in [0.05, 0.1) is 7.11 Å². The van der Waals surface area contributed by atoms with Crippen LogP contribution in [0.25, 0.3) is 0 Å². The number of methoxy groups -OCH3 is 1. The third-order valence-corrected chi connectivity index (χ3v) is 4.89. The van der Waals surface area contributed by atoms with Crippen LogP contribution < -0.4 is 10.1 Å². The van der Waals surface area contributed by atoms with E-state index in [1.54, 1.807) is 7.11 Å². The zero-order valence-electron chi connectivity index (χ0n) is 13.6. The van der Waals surface area contributed by atoms with Gasteiger partial charge in [0.1, 0.15) is 11.6 Å². The summed E-state index contributed by atoms with van der Waals surface area (Å²) in [7, 11) is 5.84. The van der Waals surface area contributed by atoms with Crippen molar-refractivity contribution in [1.29, 1.82) is 0 Å². The lowest BCUT2D eigenvalue weighted by Crippen LogP contribution is -2.50. The van der Waals surface area contributed by atoms with Crippen LogP contribution in [0.3, 0.4) is 0 Å². The van der Waals surface area contributed by atoms with Gasteiger partial charge in [0, 0.05) is 29.8 Å². The Morgan fingerprint density at radius 3 is 2.52 bits per heavy atom. The molecule has 1 aromatic rings. The van der Waals surface area contributed by atoms with Gasteiger partial charge in [-0.25, -0.2) is 4.39 Å². The van der Waals surface area contributed by atoms with E-state index in [2.05, 4.69) is 24.3 Å². The highest BCUT2D eigenvalue weighted by Crippen LogP contribution is 2.34. The van der Waals surface area contributed by atoms with E-state index in [4.69, 9.17) is 4.74 Å². The molecule has 1 atom stereocenters. The van der Waals surface area contributed by atoms with Crippen LogP contribution in [-0.2, 0) is 0 Å². The number of benzene rings is 1. The summed E-state index contributed by atoms with van der Waals surface area (Å²) < 4.78 is 19.2. The first kappa shape index (κ1) is 16.2. The predicted octanol–water partition coefficient (Wildman–Crippen LogP) is 3.36. The van der Waals surface area contributed by atoms with Gasteiger partial charge >= 0.3 is 0 Å². The number of nitrogens with one attached hydrogen (secondary N) is 1. The summed E-state index contributed by atoms with van der Waals surface area (Å²) in [6, 6.07) is 5.06. The maximum atomic E-state index is 14.1. The monoisotopic (exact) mass is 294 g/mol. The molecule has 1 N–H and O–H groups in total. The highest BCUT2D eigenvalue weighted by Gasteiger charge is 2.35.